The molecule has 1 saturated heterocycles. The minimum atomic E-state index is -3.66. The summed E-state index contributed by atoms with van der Waals surface area (Å²) in [5.74, 6) is 0.159. The number of fused-ring (bicyclic) bond motifs is 1. The number of ether oxygens (including phenoxy) is 1. The number of nitrogens with zero attached hydrogens (tertiary/aromatic N) is 1. The molecule has 0 amide bonds. The number of aliphatic imine (C=N–C) groups is 1. The van der Waals surface area contributed by atoms with E-state index in [1.165, 1.54) is 0 Å². The van der Waals surface area contributed by atoms with Crippen LogP contribution in [0.2, 0.25) is 0 Å². The van der Waals surface area contributed by atoms with Gasteiger partial charge in [0.15, 0.2) is 0 Å². The summed E-state index contributed by atoms with van der Waals surface area (Å²) in [6.07, 6.45) is 2.43. The molecule has 1 N–H and O–H groups in total. The Morgan fingerprint density at radius 3 is 2.52 bits per heavy atom. The lowest BCUT2D eigenvalue weighted by atomic mass is 9.84. The molecular formula is C22H32N2O4S. The fourth-order valence-electron chi connectivity index (χ4n) is 4.00. The van der Waals surface area contributed by atoms with E-state index in [1.807, 2.05) is 40.7 Å². The van der Waals surface area contributed by atoms with Crippen molar-refractivity contribution < 1.29 is 17.9 Å². The molecule has 29 heavy (non-hydrogen) atoms. The average Bonchev–Trinajstić information content (AvgIpc) is 2.59. The van der Waals surface area contributed by atoms with Gasteiger partial charge in [-0.1, -0.05) is 6.07 Å². The van der Waals surface area contributed by atoms with E-state index in [0.717, 1.165) is 24.0 Å². The van der Waals surface area contributed by atoms with Gasteiger partial charge in [0.05, 0.1) is 16.1 Å². The Morgan fingerprint density at radius 1 is 1.24 bits per heavy atom. The summed E-state index contributed by atoms with van der Waals surface area (Å²) in [4.78, 5) is 17.9. The highest BCUT2D eigenvalue weighted by atomic mass is 32.2. The van der Waals surface area contributed by atoms with Crippen molar-refractivity contribution in [2.75, 3.05) is 13.2 Å². The molecule has 1 aromatic rings. The van der Waals surface area contributed by atoms with Crippen LogP contribution in [0.4, 0.5) is 0 Å². The summed E-state index contributed by atoms with van der Waals surface area (Å²) >= 11 is 0. The average molecular weight is 421 g/mol. The van der Waals surface area contributed by atoms with Crippen LogP contribution in [0.3, 0.4) is 0 Å². The lowest BCUT2D eigenvalue weighted by molar-refractivity contribution is -0.124. The van der Waals surface area contributed by atoms with E-state index in [-0.39, 0.29) is 28.6 Å². The molecule has 0 aromatic heterocycles. The molecule has 0 spiro atoms. The maximum atomic E-state index is 12.9. The summed E-state index contributed by atoms with van der Waals surface area (Å²) in [6, 6.07) is 5.18. The second-order valence-electron chi connectivity index (χ2n) is 9.75. The maximum absolute atomic E-state index is 12.9. The highest BCUT2D eigenvalue weighted by molar-refractivity contribution is 7.89. The largest absolute Gasteiger partial charge is 0.381 e. The van der Waals surface area contributed by atoms with Crippen LogP contribution in [-0.2, 0) is 26.0 Å². The van der Waals surface area contributed by atoms with Gasteiger partial charge in [0, 0.05) is 36.7 Å². The Morgan fingerprint density at radius 2 is 1.90 bits per heavy atom. The second kappa shape index (κ2) is 7.93. The minimum absolute atomic E-state index is 0.00517. The highest BCUT2D eigenvalue weighted by Crippen LogP contribution is 2.31. The molecule has 0 atom stereocenters. The van der Waals surface area contributed by atoms with Crippen molar-refractivity contribution in [2.45, 2.75) is 76.3 Å². The summed E-state index contributed by atoms with van der Waals surface area (Å²) in [5.41, 5.74) is 1.62. The molecule has 0 radical (unpaired) electrons. The fourth-order valence-corrected chi connectivity index (χ4v) is 5.45. The van der Waals surface area contributed by atoms with E-state index < -0.39 is 15.6 Å². The number of hydrogen-bond donors (Lipinski definition) is 1. The molecule has 0 unspecified atom stereocenters. The Labute approximate surface area is 174 Å². The lowest BCUT2D eigenvalue weighted by Crippen LogP contribution is -2.40. The van der Waals surface area contributed by atoms with Gasteiger partial charge in [0.25, 0.3) is 0 Å². The third kappa shape index (κ3) is 5.53. The molecule has 0 aliphatic carbocycles. The van der Waals surface area contributed by atoms with Crippen LogP contribution in [0.1, 0.15) is 65.0 Å². The summed E-state index contributed by atoms with van der Waals surface area (Å²) in [7, 11) is -3.66. The molecule has 2 aliphatic rings. The number of nitrogens with one attached hydrogen (secondary N) is 1. The first-order valence-corrected chi connectivity index (χ1v) is 11.7. The standard InChI is InChI=1S/C22H32N2O4S/c1-21(2,3)24-29(26,27)17-7-6-16-14-22(4,5)23-19(18(16)12-17)13-20(25)15-8-10-28-11-9-15/h6-7,12,15,24H,8-11,13-14H2,1-5H3. The topological polar surface area (TPSA) is 84.8 Å². The van der Waals surface area contributed by atoms with Crippen molar-refractivity contribution >= 4 is 21.5 Å². The zero-order valence-electron chi connectivity index (χ0n) is 18.0. The van der Waals surface area contributed by atoms with Crippen LogP contribution in [0.25, 0.3) is 0 Å². The maximum Gasteiger partial charge on any atom is 0.241 e. The first-order valence-electron chi connectivity index (χ1n) is 10.2. The van der Waals surface area contributed by atoms with Crippen LogP contribution < -0.4 is 4.72 Å². The van der Waals surface area contributed by atoms with Gasteiger partial charge < -0.3 is 4.74 Å². The Kier molecular flexibility index (Phi) is 6.05. The zero-order chi connectivity index (χ0) is 21.4. The molecule has 3 rings (SSSR count). The Bertz CT molecular complexity index is 921. The third-order valence-electron chi connectivity index (χ3n) is 5.22. The van der Waals surface area contributed by atoms with E-state index in [9.17, 15) is 13.2 Å². The van der Waals surface area contributed by atoms with Crippen molar-refractivity contribution in [3.05, 3.63) is 29.3 Å². The lowest BCUT2D eigenvalue weighted by Gasteiger charge is -2.30. The van der Waals surface area contributed by atoms with Crippen LogP contribution in [0.5, 0.6) is 0 Å². The number of Topliss-reactive ketones (excluding diaryl/α,β-unsaturated/α-hetero) is 1. The number of hydrogen-bond acceptors (Lipinski definition) is 5. The normalized spacial score (nSPS) is 20.1. The van der Waals surface area contributed by atoms with Gasteiger partial charge >= 0.3 is 0 Å². The molecule has 2 heterocycles. The number of benzene rings is 1. The SMILES string of the molecule is CC1(C)Cc2ccc(S(=O)(=O)NC(C)(C)C)cc2C(CC(=O)C2CCOCC2)=N1. The van der Waals surface area contributed by atoms with Gasteiger partial charge in [-0.15, -0.1) is 0 Å². The van der Waals surface area contributed by atoms with Gasteiger partial charge in [-0.2, -0.15) is 0 Å². The molecule has 0 bridgehead atoms. The predicted molar refractivity (Wildman–Crippen MR) is 114 cm³/mol. The molecule has 6 nitrogen and oxygen atoms in total. The van der Waals surface area contributed by atoms with E-state index >= 15 is 0 Å². The molecule has 160 valence electrons. The van der Waals surface area contributed by atoms with E-state index in [0.29, 0.717) is 25.3 Å². The van der Waals surface area contributed by atoms with Crippen LogP contribution in [-0.4, -0.2) is 44.2 Å². The highest BCUT2D eigenvalue weighted by Gasteiger charge is 2.31. The number of sulfonamides is 1. The Hall–Kier alpha value is -1.57. The summed E-state index contributed by atoms with van der Waals surface area (Å²) in [5, 5.41) is 0. The van der Waals surface area contributed by atoms with Crippen molar-refractivity contribution in [1.29, 1.82) is 0 Å². The first-order chi connectivity index (χ1) is 13.4. The summed E-state index contributed by atoms with van der Waals surface area (Å²) in [6.45, 7) is 10.7. The van der Waals surface area contributed by atoms with Crippen LogP contribution in [0, 0.1) is 5.92 Å². The number of carbonyl (C=O) groups is 1. The van der Waals surface area contributed by atoms with Gasteiger partial charge in [0.1, 0.15) is 5.78 Å². The molecular weight excluding hydrogens is 388 g/mol. The number of ketones is 1. The van der Waals surface area contributed by atoms with E-state index in [4.69, 9.17) is 9.73 Å². The van der Waals surface area contributed by atoms with Crippen LogP contribution in [0.15, 0.2) is 28.1 Å². The molecule has 1 fully saturated rings. The molecule has 7 heteroatoms. The van der Waals surface area contributed by atoms with Crippen molar-refractivity contribution in [3.63, 3.8) is 0 Å². The molecule has 0 saturated carbocycles. The predicted octanol–water partition coefficient (Wildman–Crippen LogP) is 3.27. The summed E-state index contributed by atoms with van der Waals surface area (Å²) < 4.78 is 33.7. The third-order valence-corrected chi connectivity index (χ3v) is 6.98. The second-order valence-corrected chi connectivity index (χ2v) is 11.4. The van der Waals surface area contributed by atoms with Gasteiger partial charge in [-0.05, 0) is 71.6 Å². The van der Waals surface area contributed by atoms with Gasteiger partial charge in [-0.3, -0.25) is 9.79 Å². The fraction of sp³-hybridized carbons (Fsp3) is 0.636. The van der Waals surface area contributed by atoms with E-state index in [1.54, 1.807) is 12.1 Å². The number of carbonyl (C=O) groups excluding carboxylic acids is 1. The van der Waals surface area contributed by atoms with Gasteiger partial charge in [0.2, 0.25) is 10.0 Å². The monoisotopic (exact) mass is 420 g/mol. The van der Waals surface area contributed by atoms with Crippen molar-refractivity contribution in [2.24, 2.45) is 10.9 Å². The van der Waals surface area contributed by atoms with Gasteiger partial charge in [-0.25, -0.2) is 13.1 Å². The van der Waals surface area contributed by atoms with Crippen LogP contribution >= 0.6 is 0 Å². The van der Waals surface area contributed by atoms with E-state index in [2.05, 4.69) is 4.72 Å². The Balaban J connectivity index is 1.94. The molecule has 2 aliphatic heterocycles. The minimum Gasteiger partial charge on any atom is -0.381 e. The first kappa shape index (κ1) is 22.1. The quantitative estimate of drug-likeness (QED) is 0.792. The smallest absolute Gasteiger partial charge is 0.241 e. The van der Waals surface area contributed by atoms with Crippen molar-refractivity contribution in [3.8, 4) is 0 Å². The number of rotatable bonds is 5. The van der Waals surface area contributed by atoms with Crippen molar-refractivity contribution in [1.82, 2.24) is 4.72 Å². The zero-order valence-corrected chi connectivity index (χ0v) is 18.9. The molecule has 1 aromatic carbocycles.